The summed E-state index contributed by atoms with van der Waals surface area (Å²) < 4.78 is 5.83. The van der Waals surface area contributed by atoms with Crippen LogP contribution in [0.3, 0.4) is 0 Å². The van der Waals surface area contributed by atoms with E-state index in [9.17, 15) is 0 Å². The van der Waals surface area contributed by atoms with Gasteiger partial charge in [-0.1, -0.05) is 18.5 Å². The van der Waals surface area contributed by atoms with Crippen LogP contribution in [0.4, 0.5) is 0 Å². The van der Waals surface area contributed by atoms with E-state index in [4.69, 9.17) is 16.3 Å². The first kappa shape index (κ1) is 11.6. The Kier molecular flexibility index (Phi) is 3.64. The maximum absolute atomic E-state index is 6.09. The van der Waals surface area contributed by atoms with Crippen LogP contribution in [0.15, 0.2) is 6.33 Å². The molecule has 1 heterocycles. The molecule has 1 saturated carbocycles. The van der Waals surface area contributed by atoms with Gasteiger partial charge in [0.05, 0.1) is 5.69 Å². The summed E-state index contributed by atoms with van der Waals surface area (Å²) >= 11 is 6.09. The highest BCUT2D eigenvalue weighted by atomic mass is 35.5. The summed E-state index contributed by atoms with van der Waals surface area (Å²) in [6.45, 7) is 4.15. The fourth-order valence-electron chi connectivity index (χ4n) is 2.02. The molecule has 1 aromatic rings. The third-order valence-electron chi connectivity index (χ3n) is 3.17. The second kappa shape index (κ2) is 5.00. The van der Waals surface area contributed by atoms with Crippen LogP contribution in [0, 0.1) is 12.8 Å². The molecule has 0 unspecified atom stereocenters. The van der Waals surface area contributed by atoms with Crippen LogP contribution in [0.5, 0.6) is 5.88 Å². The van der Waals surface area contributed by atoms with E-state index in [2.05, 4.69) is 16.9 Å². The van der Waals surface area contributed by atoms with Gasteiger partial charge in [-0.15, -0.1) is 0 Å². The zero-order chi connectivity index (χ0) is 11.5. The molecule has 0 radical (unpaired) electrons. The number of nitrogens with zero attached hydrogens (tertiary/aromatic N) is 2. The van der Waals surface area contributed by atoms with E-state index in [0.717, 1.165) is 24.5 Å². The Labute approximate surface area is 101 Å². The Balaban J connectivity index is 2.01. The Morgan fingerprint density at radius 2 is 1.94 bits per heavy atom. The molecule has 2 rings (SSSR count). The van der Waals surface area contributed by atoms with Crippen LogP contribution in [0.25, 0.3) is 0 Å². The van der Waals surface area contributed by atoms with Gasteiger partial charge < -0.3 is 4.74 Å². The average molecular weight is 241 g/mol. The van der Waals surface area contributed by atoms with Crippen molar-refractivity contribution < 1.29 is 4.74 Å². The van der Waals surface area contributed by atoms with Crippen LogP contribution >= 0.6 is 11.6 Å². The van der Waals surface area contributed by atoms with Crippen molar-refractivity contribution in [1.29, 1.82) is 0 Å². The van der Waals surface area contributed by atoms with Crippen LogP contribution in [0.1, 0.15) is 38.3 Å². The van der Waals surface area contributed by atoms with Gasteiger partial charge in [0.2, 0.25) is 5.88 Å². The highest BCUT2D eigenvalue weighted by Gasteiger charge is 2.21. The van der Waals surface area contributed by atoms with Crippen molar-refractivity contribution in [3.05, 3.63) is 17.0 Å². The van der Waals surface area contributed by atoms with Crippen molar-refractivity contribution >= 4 is 11.6 Å². The fraction of sp³-hybridized carbons (Fsp3) is 0.667. The zero-order valence-electron chi connectivity index (χ0n) is 9.74. The van der Waals surface area contributed by atoms with Gasteiger partial charge in [0.25, 0.3) is 0 Å². The lowest BCUT2D eigenvalue weighted by Gasteiger charge is -2.26. The first-order valence-electron chi connectivity index (χ1n) is 5.80. The topological polar surface area (TPSA) is 35.0 Å². The fourth-order valence-corrected chi connectivity index (χ4v) is 2.17. The van der Waals surface area contributed by atoms with E-state index >= 15 is 0 Å². The second-order valence-electron chi connectivity index (χ2n) is 4.58. The van der Waals surface area contributed by atoms with Gasteiger partial charge in [0.15, 0.2) is 0 Å². The number of aryl methyl sites for hydroxylation is 1. The maximum atomic E-state index is 6.09. The highest BCUT2D eigenvalue weighted by Crippen LogP contribution is 2.30. The molecule has 16 heavy (non-hydrogen) atoms. The van der Waals surface area contributed by atoms with E-state index in [-0.39, 0.29) is 6.10 Å². The van der Waals surface area contributed by atoms with Gasteiger partial charge >= 0.3 is 0 Å². The molecule has 1 aliphatic carbocycles. The third kappa shape index (κ3) is 2.64. The van der Waals surface area contributed by atoms with Crippen molar-refractivity contribution in [3.63, 3.8) is 0 Å². The van der Waals surface area contributed by atoms with E-state index in [1.807, 2.05) is 6.92 Å². The SMILES string of the molecule is Cc1ncnc(OC2CCC(C)CC2)c1Cl. The quantitative estimate of drug-likeness (QED) is 0.795. The Hall–Kier alpha value is -0.830. The minimum atomic E-state index is 0.267. The average Bonchev–Trinajstić information content (AvgIpc) is 2.28. The number of aromatic nitrogens is 2. The maximum Gasteiger partial charge on any atom is 0.236 e. The number of hydrogen-bond donors (Lipinski definition) is 0. The molecule has 0 N–H and O–H groups in total. The summed E-state index contributed by atoms with van der Waals surface area (Å²) in [4.78, 5) is 8.11. The lowest BCUT2D eigenvalue weighted by Crippen LogP contribution is -2.23. The molecule has 1 aromatic heterocycles. The van der Waals surface area contributed by atoms with E-state index < -0.39 is 0 Å². The van der Waals surface area contributed by atoms with Gasteiger partial charge in [-0.05, 0) is 38.5 Å². The smallest absolute Gasteiger partial charge is 0.236 e. The summed E-state index contributed by atoms with van der Waals surface area (Å²) in [5, 5.41) is 0.543. The van der Waals surface area contributed by atoms with Crippen LogP contribution < -0.4 is 4.74 Å². The Morgan fingerprint density at radius 1 is 1.25 bits per heavy atom. The molecular weight excluding hydrogens is 224 g/mol. The van der Waals surface area contributed by atoms with Crippen molar-refractivity contribution in [3.8, 4) is 5.88 Å². The standard InChI is InChI=1S/C12H17ClN2O/c1-8-3-5-10(6-4-8)16-12-11(13)9(2)14-7-15-12/h7-8,10H,3-6H2,1-2H3. The largest absolute Gasteiger partial charge is 0.473 e. The van der Waals surface area contributed by atoms with Crippen molar-refractivity contribution in [2.75, 3.05) is 0 Å². The third-order valence-corrected chi connectivity index (χ3v) is 3.61. The molecule has 0 atom stereocenters. The lowest BCUT2D eigenvalue weighted by atomic mass is 9.89. The predicted molar refractivity (Wildman–Crippen MR) is 63.8 cm³/mol. The molecule has 0 saturated heterocycles. The first-order valence-corrected chi connectivity index (χ1v) is 6.18. The van der Waals surface area contributed by atoms with Crippen molar-refractivity contribution in [2.45, 2.75) is 45.6 Å². The molecule has 4 heteroatoms. The molecule has 0 amide bonds. The summed E-state index contributed by atoms with van der Waals surface area (Å²) in [5.41, 5.74) is 0.774. The van der Waals surface area contributed by atoms with Gasteiger partial charge in [0.1, 0.15) is 17.5 Å². The molecule has 88 valence electrons. The van der Waals surface area contributed by atoms with Crippen molar-refractivity contribution in [1.82, 2.24) is 9.97 Å². The van der Waals surface area contributed by atoms with E-state index in [0.29, 0.717) is 10.9 Å². The second-order valence-corrected chi connectivity index (χ2v) is 4.96. The summed E-state index contributed by atoms with van der Waals surface area (Å²) in [6, 6.07) is 0. The minimum absolute atomic E-state index is 0.267. The summed E-state index contributed by atoms with van der Waals surface area (Å²) in [7, 11) is 0. The molecule has 0 aliphatic heterocycles. The van der Waals surface area contributed by atoms with Crippen LogP contribution in [-0.2, 0) is 0 Å². The van der Waals surface area contributed by atoms with Gasteiger partial charge in [0, 0.05) is 0 Å². The highest BCUT2D eigenvalue weighted by molar-refractivity contribution is 6.32. The zero-order valence-corrected chi connectivity index (χ0v) is 10.5. The number of hydrogen-bond acceptors (Lipinski definition) is 3. The van der Waals surface area contributed by atoms with Gasteiger partial charge in [-0.2, -0.15) is 0 Å². The predicted octanol–water partition coefficient (Wildman–Crippen LogP) is 3.40. The normalized spacial score (nSPS) is 25.4. The lowest BCUT2D eigenvalue weighted by molar-refractivity contribution is 0.130. The first-order chi connectivity index (χ1) is 7.66. The van der Waals surface area contributed by atoms with Crippen molar-refractivity contribution in [2.24, 2.45) is 5.92 Å². The summed E-state index contributed by atoms with van der Waals surface area (Å²) in [6.07, 6.45) is 6.42. The molecule has 0 spiro atoms. The Morgan fingerprint density at radius 3 is 2.62 bits per heavy atom. The van der Waals surface area contributed by atoms with Gasteiger partial charge in [-0.3, -0.25) is 0 Å². The molecule has 3 nitrogen and oxygen atoms in total. The molecule has 1 aliphatic rings. The van der Waals surface area contributed by atoms with Crippen LogP contribution in [0.2, 0.25) is 5.02 Å². The molecule has 1 fully saturated rings. The summed E-state index contributed by atoms with van der Waals surface area (Å²) in [5.74, 6) is 1.36. The van der Waals surface area contributed by atoms with E-state index in [1.54, 1.807) is 0 Å². The minimum Gasteiger partial charge on any atom is -0.473 e. The number of halogens is 1. The monoisotopic (exact) mass is 240 g/mol. The Bertz CT molecular complexity index is 362. The number of ether oxygens (including phenoxy) is 1. The number of rotatable bonds is 2. The van der Waals surface area contributed by atoms with Crippen LogP contribution in [-0.4, -0.2) is 16.1 Å². The van der Waals surface area contributed by atoms with Gasteiger partial charge in [-0.25, -0.2) is 9.97 Å². The molecule has 0 aromatic carbocycles. The molecular formula is C12H17ClN2O. The molecule has 0 bridgehead atoms. The van der Waals surface area contributed by atoms with E-state index in [1.165, 1.54) is 19.2 Å².